The molecular weight excluding hydrogens is 238 g/mol. The zero-order valence-electron chi connectivity index (χ0n) is 9.64. The summed E-state index contributed by atoms with van der Waals surface area (Å²) in [6.07, 6.45) is 1.59. The van der Waals surface area contributed by atoms with E-state index in [1.807, 2.05) is 6.07 Å². The number of hydrogen-bond donors (Lipinski definition) is 1. The molecule has 1 amide bonds. The third-order valence-electron chi connectivity index (χ3n) is 2.33. The van der Waals surface area contributed by atoms with E-state index < -0.39 is 0 Å². The van der Waals surface area contributed by atoms with Gasteiger partial charge in [0, 0.05) is 7.05 Å². The van der Waals surface area contributed by atoms with Gasteiger partial charge in [0.1, 0.15) is 10.6 Å². The highest BCUT2D eigenvalue weighted by Crippen LogP contribution is 2.21. The predicted octanol–water partition coefficient (Wildman–Crippen LogP) is 1.90. The number of hydrogen-bond acceptors (Lipinski definition) is 5. The molecule has 0 atom stereocenters. The number of nitrogens with two attached hydrogens (primary N) is 1. The van der Waals surface area contributed by atoms with Crippen molar-refractivity contribution in [3.63, 3.8) is 0 Å². The Morgan fingerprint density at radius 3 is 2.94 bits per heavy atom. The molecule has 0 saturated carbocycles. The summed E-state index contributed by atoms with van der Waals surface area (Å²) in [5, 5.41) is 0.414. The normalized spacial score (nSPS) is 10.5. The second-order valence-electron chi connectivity index (χ2n) is 3.71. The van der Waals surface area contributed by atoms with Crippen LogP contribution in [0, 0.1) is 6.92 Å². The van der Waals surface area contributed by atoms with Crippen LogP contribution in [0.25, 0.3) is 0 Å². The fourth-order valence-corrected chi connectivity index (χ4v) is 2.33. The van der Waals surface area contributed by atoms with Crippen LogP contribution in [0.15, 0.2) is 22.8 Å². The molecule has 17 heavy (non-hydrogen) atoms. The Morgan fingerprint density at radius 2 is 2.41 bits per heavy atom. The lowest BCUT2D eigenvalue weighted by atomic mass is 10.3. The van der Waals surface area contributed by atoms with Crippen molar-refractivity contribution in [3.05, 3.63) is 34.7 Å². The SMILES string of the molecule is Cc1nc(N)sc1C(=O)N(C)Cc1ccco1. The molecule has 0 fully saturated rings. The number of amides is 1. The molecule has 5 nitrogen and oxygen atoms in total. The predicted molar refractivity (Wildman–Crippen MR) is 65.8 cm³/mol. The summed E-state index contributed by atoms with van der Waals surface area (Å²) in [5.74, 6) is 0.657. The fourth-order valence-electron chi connectivity index (χ4n) is 1.50. The Morgan fingerprint density at radius 1 is 1.65 bits per heavy atom. The summed E-state index contributed by atoms with van der Waals surface area (Å²) in [7, 11) is 1.72. The lowest BCUT2D eigenvalue weighted by Crippen LogP contribution is -2.25. The molecule has 2 aromatic rings. The van der Waals surface area contributed by atoms with Crippen LogP contribution in [0.2, 0.25) is 0 Å². The van der Waals surface area contributed by atoms with E-state index in [9.17, 15) is 4.79 Å². The fraction of sp³-hybridized carbons (Fsp3) is 0.273. The van der Waals surface area contributed by atoms with E-state index in [1.165, 1.54) is 11.3 Å². The van der Waals surface area contributed by atoms with Crippen LogP contribution in [0.5, 0.6) is 0 Å². The number of rotatable bonds is 3. The quantitative estimate of drug-likeness (QED) is 0.904. The third kappa shape index (κ3) is 2.47. The number of anilines is 1. The lowest BCUT2D eigenvalue weighted by Gasteiger charge is -2.14. The number of furan rings is 1. The van der Waals surface area contributed by atoms with E-state index in [-0.39, 0.29) is 5.91 Å². The Bertz CT molecular complexity index is 519. The maximum absolute atomic E-state index is 12.1. The lowest BCUT2D eigenvalue weighted by molar-refractivity contribution is 0.0779. The summed E-state index contributed by atoms with van der Waals surface area (Å²) < 4.78 is 5.19. The molecule has 0 aliphatic heterocycles. The van der Waals surface area contributed by atoms with Crippen molar-refractivity contribution >= 4 is 22.4 Å². The van der Waals surface area contributed by atoms with Crippen LogP contribution in [-0.2, 0) is 6.54 Å². The second-order valence-corrected chi connectivity index (χ2v) is 4.74. The Kier molecular flexibility index (Phi) is 3.14. The van der Waals surface area contributed by atoms with Crippen molar-refractivity contribution in [2.24, 2.45) is 0 Å². The highest BCUT2D eigenvalue weighted by Gasteiger charge is 2.18. The first-order chi connectivity index (χ1) is 8.08. The number of thiazole rings is 1. The zero-order valence-corrected chi connectivity index (χ0v) is 10.5. The number of aryl methyl sites for hydroxylation is 1. The van der Waals surface area contributed by atoms with Gasteiger partial charge in [0.2, 0.25) is 0 Å². The summed E-state index contributed by atoms with van der Waals surface area (Å²) in [4.78, 5) is 18.3. The van der Waals surface area contributed by atoms with Gasteiger partial charge in [0.25, 0.3) is 5.91 Å². The van der Waals surface area contributed by atoms with Gasteiger partial charge >= 0.3 is 0 Å². The average molecular weight is 251 g/mol. The van der Waals surface area contributed by atoms with E-state index in [2.05, 4.69) is 4.98 Å². The largest absolute Gasteiger partial charge is 0.467 e. The topological polar surface area (TPSA) is 72.4 Å². The molecule has 0 radical (unpaired) electrons. The van der Waals surface area contributed by atoms with Crippen LogP contribution < -0.4 is 5.73 Å². The van der Waals surface area contributed by atoms with Gasteiger partial charge in [0.05, 0.1) is 18.5 Å². The van der Waals surface area contributed by atoms with Crippen molar-refractivity contribution in [2.75, 3.05) is 12.8 Å². The summed E-state index contributed by atoms with van der Waals surface area (Å²) in [5.41, 5.74) is 6.24. The van der Waals surface area contributed by atoms with Crippen LogP contribution >= 0.6 is 11.3 Å². The third-order valence-corrected chi connectivity index (χ3v) is 3.30. The van der Waals surface area contributed by atoms with E-state index in [1.54, 1.807) is 31.2 Å². The molecule has 0 bridgehead atoms. The molecule has 0 aromatic carbocycles. The van der Waals surface area contributed by atoms with Gasteiger partial charge in [-0.15, -0.1) is 0 Å². The maximum atomic E-state index is 12.1. The van der Waals surface area contributed by atoms with Crippen LogP contribution in [-0.4, -0.2) is 22.8 Å². The van der Waals surface area contributed by atoms with E-state index in [0.29, 0.717) is 22.2 Å². The molecular formula is C11H13N3O2S. The van der Waals surface area contributed by atoms with Gasteiger partial charge < -0.3 is 15.1 Å². The number of aromatic nitrogens is 1. The monoisotopic (exact) mass is 251 g/mol. The first kappa shape index (κ1) is 11.7. The van der Waals surface area contributed by atoms with Gasteiger partial charge in [-0.25, -0.2) is 4.98 Å². The van der Waals surface area contributed by atoms with Crippen molar-refractivity contribution in [2.45, 2.75) is 13.5 Å². The van der Waals surface area contributed by atoms with Gasteiger partial charge in [-0.3, -0.25) is 4.79 Å². The standard InChI is InChI=1S/C11H13N3O2S/c1-7-9(17-11(12)13-7)10(15)14(2)6-8-4-3-5-16-8/h3-5H,6H2,1-2H3,(H2,12,13). The highest BCUT2D eigenvalue weighted by atomic mass is 32.1. The smallest absolute Gasteiger partial charge is 0.266 e. The van der Waals surface area contributed by atoms with Gasteiger partial charge in [-0.1, -0.05) is 11.3 Å². The van der Waals surface area contributed by atoms with Crippen molar-refractivity contribution in [1.82, 2.24) is 9.88 Å². The van der Waals surface area contributed by atoms with Crippen molar-refractivity contribution in [3.8, 4) is 0 Å². The average Bonchev–Trinajstić information content (AvgIpc) is 2.87. The van der Waals surface area contributed by atoms with Gasteiger partial charge in [-0.05, 0) is 19.1 Å². The zero-order chi connectivity index (χ0) is 12.4. The maximum Gasteiger partial charge on any atom is 0.266 e. The van der Waals surface area contributed by atoms with Gasteiger partial charge in [0.15, 0.2) is 5.13 Å². The molecule has 0 spiro atoms. The van der Waals surface area contributed by atoms with E-state index in [4.69, 9.17) is 10.2 Å². The summed E-state index contributed by atoms with van der Waals surface area (Å²) >= 11 is 1.21. The first-order valence-electron chi connectivity index (χ1n) is 5.08. The van der Waals surface area contributed by atoms with Crippen LogP contribution in [0.4, 0.5) is 5.13 Å². The van der Waals surface area contributed by atoms with E-state index in [0.717, 1.165) is 5.76 Å². The molecule has 90 valence electrons. The first-order valence-corrected chi connectivity index (χ1v) is 5.90. The Hall–Kier alpha value is -1.82. The van der Waals surface area contributed by atoms with Crippen LogP contribution in [0.3, 0.4) is 0 Å². The Labute approximate surface area is 103 Å². The molecule has 6 heteroatoms. The molecule has 0 unspecified atom stereocenters. The molecule has 0 saturated heterocycles. The molecule has 2 N–H and O–H groups in total. The number of nitrogens with zero attached hydrogens (tertiary/aromatic N) is 2. The summed E-state index contributed by atoms with van der Waals surface area (Å²) in [6.45, 7) is 2.21. The van der Waals surface area contributed by atoms with Crippen molar-refractivity contribution < 1.29 is 9.21 Å². The molecule has 0 aliphatic rings. The van der Waals surface area contributed by atoms with E-state index >= 15 is 0 Å². The van der Waals surface area contributed by atoms with Gasteiger partial charge in [-0.2, -0.15) is 0 Å². The molecule has 2 rings (SSSR count). The minimum Gasteiger partial charge on any atom is -0.467 e. The number of carbonyl (C=O) groups is 1. The molecule has 0 aliphatic carbocycles. The highest BCUT2D eigenvalue weighted by molar-refractivity contribution is 7.17. The second kappa shape index (κ2) is 4.58. The van der Waals surface area contributed by atoms with Crippen molar-refractivity contribution in [1.29, 1.82) is 0 Å². The molecule has 2 aromatic heterocycles. The minimum absolute atomic E-state index is 0.0897. The number of carbonyl (C=O) groups excluding carboxylic acids is 1. The Balaban J connectivity index is 2.12. The molecule has 2 heterocycles. The number of nitrogen functional groups attached to an aromatic ring is 1. The minimum atomic E-state index is -0.0897. The van der Waals surface area contributed by atoms with Crippen LogP contribution in [0.1, 0.15) is 21.1 Å². The summed E-state index contributed by atoms with van der Waals surface area (Å²) in [6, 6.07) is 3.63.